The molecule has 0 unspecified atom stereocenters. The molecule has 0 amide bonds. The maximum absolute atomic E-state index is 8.76. The van der Waals surface area contributed by atoms with Crippen LogP contribution < -0.4 is 0 Å². The number of pyridine rings is 1. The summed E-state index contributed by atoms with van der Waals surface area (Å²) in [6, 6.07) is 15.5. The molecule has 2 rings (SSSR count). The zero-order valence-corrected chi connectivity index (χ0v) is 9.40. The Balaban J connectivity index is 2.49. The van der Waals surface area contributed by atoms with Crippen molar-refractivity contribution in [2.75, 3.05) is 0 Å². The standard InChI is InChI=1S/C12H7BrN2/c13-12-10(8-14)6-7-11(15-12)9-4-2-1-3-5-9/h1-7H. The summed E-state index contributed by atoms with van der Waals surface area (Å²) >= 11 is 3.27. The molecular formula is C12H7BrN2. The van der Waals surface area contributed by atoms with Crippen LogP contribution in [0.1, 0.15) is 5.56 Å². The van der Waals surface area contributed by atoms with Gasteiger partial charge in [0.25, 0.3) is 0 Å². The van der Waals surface area contributed by atoms with Crippen LogP contribution in [-0.4, -0.2) is 4.98 Å². The molecular weight excluding hydrogens is 252 g/mol. The van der Waals surface area contributed by atoms with Crippen LogP contribution in [0.15, 0.2) is 47.1 Å². The first kappa shape index (κ1) is 9.88. The quantitative estimate of drug-likeness (QED) is 0.736. The lowest BCUT2D eigenvalue weighted by molar-refractivity contribution is 1.25. The molecule has 0 N–H and O–H groups in total. The van der Waals surface area contributed by atoms with Gasteiger partial charge in [0.2, 0.25) is 0 Å². The van der Waals surface area contributed by atoms with E-state index in [0.29, 0.717) is 10.2 Å². The van der Waals surface area contributed by atoms with Crippen molar-refractivity contribution in [3.63, 3.8) is 0 Å². The van der Waals surface area contributed by atoms with Crippen LogP contribution >= 0.6 is 15.9 Å². The van der Waals surface area contributed by atoms with Crippen molar-refractivity contribution >= 4 is 15.9 Å². The molecule has 1 aromatic heterocycles. The predicted molar refractivity (Wildman–Crippen MR) is 62.1 cm³/mol. The zero-order valence-electron chi connectivity index (χ0n) is 7.81. The van der Waals surface area contributed by atoms with Gasteiger partial charge in [-0.05, 0) is 28.1 Å². The molecule has 0 fully saturated rings. The van der Waals surface area contributed by atoms with E-state index in [1.807, 2.05) is 36.4 Å². The van der Waals surface area contributed by atoms with Crippen molar-refractivity contribution in [2.45, 2.75) is 0 Å². The fraction of sp³-hybridized carbons (Fsp3) is 0. The van der Waals surface area contributed by atoms with Gasteiger partial charge >= 0.3 is 0 Å². The first-order valence-electron chi connectivity index (χ1n) is 4.43. The summed E-state index contributed by atoms with van der Waals surface area (Å²) < 4.78 is 0.589. The molecule has 0 radical (unpaired) electrons. The van der Waals surface area contributed by atoms with Crippen LogP contribution in [0.4, 0.5) is 0 Å². The fourth-order valence-corrected chi connectivity index (χ4v) is 1.70. The monoisotopic (exact) mass is 258 g/mol. The van der Waals surface area contributed by atoms with Crippen molar-refractivity contribution in [2.24, 2.45) is 0 Å². The van der Waals surface area contributed by atoms with Crippen molar-refractivity contribution in [3.05, 3.63) is 52.6 Å². The van der Waals surface area contributed by atoms with E-state index in [0.717, 1.165) is 11.3 Å². The molecule has 72 valence electrons. The smallest absolute Gasteiger partial charge is 0.124 e. The van der Waals surface area contributed by atoms with Crippen LogP contribution in [0.25, 0.3) is 11.3 Å². The van der Waals surface area contributed by atoms with E-state index < -0.39 is 0 Å². The highest BCUT2D eigenvalue weighted by molar-refractivity contribution is 9.10. The number of hydrogen-bond acceptors (Lipinski definition) is 2. The second kappa shape index (κ2) is 4.24. The Morgan fingerprint density at radius 3 is 2.40 bits per heavy atom. The Morgan fingerprint density at radius 1 is 1.07 bits per heavy atom. The Labute approximate surface area is 96.3 Å². The highest BCUT2D eigenvalue weighted by atomic mass is 79.9. The number of nitriles is 1. The molecule has 0 atom stereocenters. The van der Waals surface area contributed by atoms with Crippen LogP contribution in [0.2, 0.25) is 0 Å². The lowest BCUT2D eigenvalue weighted by atomic mass is 10.1. The maximum Gasteiger partial charge on any atom is 0.124 e. The van der Waals surface area contributed by atoms with Crippen molar-refractivity contribution < 1.29 is 0 Å². The number of hydrogen-bond donors (Lipinski definition) is 0. The molecule has 1 heterocycles. The molecule has 1 aromatic carbocycles. The topological polar surface area (TPSA) is 36.7 Å². The van der Waals surface area contributed by atoms with Gasteiger partial charge in [-0.2, -0.15) is 5.26 Å². The van der Waals surface area contributed by atoms with E-state index in [4.69, 9.17) is 5.26 Å². The van der Waals surface area contributed by atoms with Crippen LogP contribution in [0, 0.1) is 11.3 Å². The number of benzene rings is 1. The zero-order chi connectivity index (χ0) is 10.7. The van der Waals surface area contributed by atoms with Gasteiger partial charge in [-0.3, -0.25) is 0 Å². The van der Waals surface area contributed by atoms with E-state index in [9.17, 15) is 0 Å². The van der Waals surface area contributed by atoms with Gasteiger partial charge in [-0.15, -0.1) is 0 Å². The predicted octanol–water partition coefficient (Wildman–Crippen LogP) is 3.38. The molecule has 0 aliphatic rings. The van der Waals surface area contributed by atoms with Crippen molar-refractivity contribution in [1.29, 1.82) is 5.26 Å². The minimum Gasteiger partial charge on any atom is -0.239 e. The minimum atomic E-state index is 0.551. The van der Waals surface area contributed by atoms with E-state index in [-0.39, 0.29) is 0 Å². The molecule has 0 aliphatic carbocycles. The second-order valence-electron chi connectivity index (χ2n) is 3.01. The van der Waals surface area contributed by atoms with Gasteiger partial charge in [0.05, 0.1) is 11.3 Å². The van der Waals surface area contributed by atoms with Crippen LogP contribution in [-0.2, 0) is 0 Å². The lowest BCUT2D eigenvalue weighted by Crippen LogP contribution is -1.87. The summed E-state index contributed by atoms with van der Waals surface area (Å²) in [5.41, 5.74) is 2.46. The number of halogens is 1. The van der Waals surface area contributed by atoms with E-state index >= 15 is 0 Å². The van der Waals surface area contributed by atoms with Crippen LogP contribution in [0.3, 0.4) is 0 Å². The van der Waals surface area contributed by atoms with Gasteiger partial charge in [-0.25, -0.2) is 4.98 Å². The molecule has 2 aromatic rings. The molecule has 2 nitrogen and oxygen atoms in total. The maximum atomic E-state index is 8.76. The number of aromatic nitrogens is 1. The normalized spacial score (nSPS) is 9.60. The summed E-state index contributed by atoms with van der Waals surface area (Å²) in [7, 11) is 0. The van der Waals surface area contributed by atoms with Crippen molar-refractivity contribution in [1.82, 2.24) is 4.98 Å². The molecule has 15 heavy (non-hydrogen) atoms. The van der Waals surface area contributed by atoms with E-state index in [1.54, 1.807) is 6.07 Å². The number of nitrogens with zero attached hydrogens (tertiary/aromatic N) is 2. The van der Waals surface area contributed by atoms with Gasteiger partial charge in [0, 0.05) is 5.56 Å². The molecule has 3 heteroatoms. The summed E-state index contributed by atoms with van der Waals surface area (Å²) in [5, 5.41) is 8.76. The number of rotatable bonds is 1. The molecule has 0 aliphatic heterocycles. The van der Waals surface area contributed by atoms with Gasteiger partial charge in [0.15, 0.2) is 0 Å². The summed E-state index contributed by atoms with van der Waals surface area (Å²) in [4.78, 5) is 4.31. The van der Waals surface area contributed by atoms with Crippen molar-refractivity contribution in [3.8, 4) is 17.3 Å². The third-order valence-corrected chi connectivity index (χ3v) is 2.64. The second-order valence-corrected chi connectivity index (χ2v) is 3.76. The summed E-state index contributed by atoms with van der Waals surface area (Å²) in [6.07, 6.45) is 0. The largest absolute Gasteiger partial charge is 0.239 e. The highest BCUT2D eigenvalue weighted by Gasteiger charge is 2.03. The Bertz CT molecular complexity index is 515. The lowest BCUT2D eigenvalue weighted by Gasteiger charge is -2.01. The summed E-state index contributed by atoms with van der Waals surface area (Å²) in [5.74, 6) is 0. The Hall–Kier alpha value is -1.66. The molecule has 0 spiro atoms. The SMILES string of the molecule is N#Cc1ccc(-c2ccccc2)nc1Br. The molecule has 0 saturated carbocycles. The third kappa shape index (κ3) is 2.05. The fourth-order valence-electron chi connectivity index (χ4n) is 1.29. The summed E-state index contributed by atoms with van der Waals surface area (Å²) in [6.45, 7) is 0. The molecule has 0 saturated heterocycles. The first-order chi connectivity index (χ1) is 7.31. The Kier molecular flexibility index (Phi) is 2.79. The molecule has 0 bridgehead atoms. The van der Waals surface area contributed by atoms with E-state index in [2.05, 4.69) is 27.0 Å². The van der Waals surface area contributed by atoms with Crippen LogP contribution in [0.5, 0.6) is 0 Å². The van der Waals surface area contributed by atoms with Gasteiger partial charge < -0.3 is 0 Å². The minimum absolute atomic E-state index is 0.551. The van der Waals surface area contributed by atoms with Gasteiger partial charge in [-0.1, -0.05) is 30.3 Å². The first-order valence-corrected chi connectivity index (χ1v) is 5.22. The highest BCUT2D eigenvalue weighted by Crippen LogP contribution is 2.21. The average molecular weight is 259 g/mol. The van der Waals surface area contributed by atoms with Gasteiger partial charge in [0.1, 0.15) is 10.7 Å². The van der Waals surface area contributed by atoms with E-state index in [1.165, 1.54) is 0 Å². The average Bonchev–Trinajstić information content (AvgIpc) is 2.30. The Morgan fingerprint density at radius 2 is 1.80 bits per heavy atom. The third-order valence-electron chi connectivity index (χ3n) is 2.04.